The third-order valence-corrected chi connectivity index (χ3v) is 10.1. The summed E-state index contributed by atoms with van der Waals surface area (Å²) in [5.74, 6) is 1.09. The van der Waals surface area contributed by atoms with Crippen LogP contribution >= 0.6 is 22.9 Å². The number of carbonyl (C=O) groups is 2. The van der Waals surface area contributed by atoms with Crippen molar-refractivity contribution in [3.8, 4) is 16.9 Å². The summed E-state index contributed by atoms with van der Waals surface area (Å²) in [5.41, 5.74) is 5.16. The standard InChI is InChI=1S/C28H28ClN3O3S/c1-28(2)22-23(28)27(34)32(26(22)33)12-15-8-21-25(36-15)18(6-7-31-21)19-9-20(29)16-4-3-5-17(16)24(19)35-13-14-10-30-11-14/h6-9,14,22-23,30H,3-5,10-13H2,1-2H3. The zero-order valence-corrected chi connectivity index (χ0v) is 22.0. The van der Waals surface area contributed by atoms with E-state index in [0.29, 0.717) is 19.1 Å². The number of pyridine rings is 1. The summed E-state index contributed by atoms with van der Waals surface area (Å²) in [6, 6.07) is 6.09. The molecule has 2 amide bonds. The van der Waals surface area contributed by atoms with Crippen LogP contribution < -0.4 is 10.1 Å². The minimum Gasteiger partial charge on any atom is -0.492 e. The van der Waals surface area contributed by atoms with E-state index in [9.17, 15) is 9.59 Å². The molecule has 0 radical (unpaired) electrons. The number of halogens is 1. The van der Waals surface area contributed by atoms with Crippen LogP contribution in [0.4, 0.5) is 0 Å². The number of carbonyl (C=O) groups excluding carboxylic acids is 2. The monoisotopic (exact) mass is 521 g/mol. The maximum Gasteiger partial charge on any atom is 0.234 e. The fraction of sp³-hybridized carbons (Fsp3) is 0.464. The van der Waals surface area contributed by atoms with E-state index in [2.05, 4.69) is 16.4 Å². The summed E-state index contributed by atoms with van der Waals surface area (Å²) in [7, 11) is 0. The van der Waals surface area contributed by atoms with Crippen LogP contribution in [0.5, 0.6) is 5.75 Å². The zero-order valence-electron chi connectivity index (χ0n) is 20.4. The molecule has 8 heteroatoms. The Morgan fingerprint density at radius 3 is 2.61 bits per heavy atom. The van der Waals surface area contributed by atoms with Crippen LogP contribution in [-0.4, -0.2) is 41.4 Å². The van der Waals surface area contributed by atoms with Crippen LogP contribution in [0.15, 0.2) is 24.4 Å². The molecule has 2 aromatic heterocycles. The lowest BCUT2D eigenvalue weighted by atomic mass is 9.98. The van der Waals surface area contributed by atoms with Gasteiger partial charge in [0.05, 0.1) is 35.2 Å². The molecule has 1 N–H and O–H groups in total. The Kier molecular flexibility index (Phi) is 5.05. The van der Waals surface area contributed by atoms with Crippen LogP contribution in [0.1, 0.15) is 36.3 Å². The summed E-state index contributed by atoms with van der Waals surface area (Å²) in [6.45, 7) is 7.00. The van der Waals surface area contributed by atoms with E-state index < -0.39 is 0 Å². The van der Waals surface area contributed by atoms with E-state index in [1.54, 1.807) is 11.3 Å². The van der Waals surface area contributed by atoms with Gasteiger partial charge in [-0.05, 0) is 54.0 Å². The van der Waals surface area contributed by atoms with Crippen LogP contribution in [0.25, 0.3) is 21.3 Å². The molecule has 4 aliphatic rings. The molecule has 4 heterocycles. The van der Waals surface area contributed by atoms with Crippen molar-refractivity contribution in [1.29, 1.82) is 0 Å². The van der Waals surface area contributed by atoms with E-state index >= 15 is 0 Å². The average molecular weight is 522 g/mol. The van der Waals surface area contributed by atoms with Crippen LogP contribution in [0.2, 0.25) is 5.02 Å². The predicted octanol–water partition coefficient (Wildman–Crippen LogP) is 4.84. The van der Waals surface area contributed by atoms with Crippen molar-refractivity contribution in [1.82, 2.24) is 15.2 Å². The van der Waals surface area contributed by atoms with Gasteiger partial charge in [-0.25, -0.2) is 0 Å². The number of ether oxygens (including phenoxy) is 1. The van der Waals surface area contributed by atoms with E-state index in [-0.39, 0.29) is 29.1 Å². The highest BCUT2D eigenvalue weighted by atomic mass is 35.5. The summed E-state index contributed by atoms with van der Waals surface area (Å²) >= 11 is 8.38. The lowest BCUT2D eigenvalue weighted by molar-refractivity contribution is -0.143. The number of piperidine rings is 1. The van der Waals surface area contributed by atoms with Gasteiger partial charge in [-0.15, -0.1) is 11.3 Å². The van der Waals surface area contributed by atoms with E-state index in [1.807, 2.05) is 32.2 Å². The quantitative estimate of drug-likeness (QED) is 0.470. The number of aromatic nitrogens is 1. The molecular weight excluding hydrogens is 494 g/mol. The van der Waals surface area contributed by atoms with Crippen LogP contribution in [0, 0.1) is 23.2 Å². The van der Waals surface area contributed by atoms with Gasteiger partial charge in [0.1, 0.15) is 5.75 Å². The maximum absolute atomic E-state index is 12.9. The van der Waals surface area contributed by atoms with Crippen molar-refractivity contribution in [3.05, 3.63) is 45.4 Å². The van der Waals surface area contributed by atoms with Gasteiger partial charge in [0.2, 0.25) is 11.8 Å². The summed E-state index contributed by atoms with van der Waals surface area (Å²) in [4.78, 5) is 32.8. The summed E-state index contributed by atoms with van der Waals surface area (Å²) in [5, 5.41) is 4.12. The number of hydrogen-bond donors (Lipinski definition) is 1. The average Bonchev–Trinajstić information content (AvgIpc) is 3.25. The van der Waals surface area contributed by atoms with Crippen LogP contribution in [0.3, 0.4) is 0 Å². The second-order valence-corrected chi connectivity index (χ2v) is 12.7. The van der Waals surface area contributed by atoms with Gasteiger partial charge >= 0.3 is 0 Å². The third kappa shape index (κ3) is 3.29. The highest BCUT2D eigenvalue weighted by Crippen LogP contribution is 2.63. The molecular formula is C28H28ClN3O3S. The first-order valence-electron chi connectivity index (χ1n) is 12.8. The van der Waals surface area contributed by atoms with Crippen molar-refractivity contribution < 1.29 is 14.3 Å². The highest BCUT2D eigenvalue weighted by molar-refractivity contribution is 7.19. The Morgan fingerprint density at radius 1 is 1.14 bits per heavy atom. The predicted molar refractivity (Wildman–Crippen MR) is 140 cm³/mol. The second-order valence-electron chi connectivity index (χ2n) is 11.2. The van der Waals surface area contributed by atoms with E-state index in [0.717, 1.165) is 69.3 Å². The van der Waals surface area contributed by atoms with Crippen molar-refractivity contribution in [3.63, 3.8) is 0 Å². The Balaban J connectivity index is 1.26. The van der Waals surface area contributed by atoms with Gasteiger partial charge in [-0.3, -0.25) is 19.5 Å². The van der Waals surface area contributed by atoms with E-state index in [1.165, 1.54) is 16.0 Å². The highest BCUT2D eigenvalue weighted by Gasteiger charge is 2.72. The minimum absolute atomic E-state index is 0.0350. The smallest absolute Gasteiger partial charge is 0.234 e. The number of likely N-dealkylation sites (tertiary alicyclic amines) is 1. The molecule has 1 saturated carbocycles. The van der Waals surface area contributed by atoms with Gasteiger partial charge in [0.25, 0.3) is 0 Å². The number of thiophene rings is 1. The number of rotatable bonds is 6. The largest absolute Gasteiger partial charge is 0.492 e. The Labute approximate surface area is 219 Å². The van der Waals surface area contributed by atoms with Crippen LogP contribution in [-0.2, 0) is 29.0 Å². The first-order chi connectivity index (χ1) is 17.3. The molecule has 3 aromatic rings. The number of fused-ring (bicyclic) bond motifs is 3. The van der Waals surface area contributed by atoms with Gasteiger partial charge in [-0.2, -0.15) is 0 Å². The van der Waals surface area contributed by atoms with Gasteiger partial charge in [0.15, 0.2) is 0 Å². The van der Waals surface area contributed by atoms with Crippen molar-refractivity contribution in [2.24, 2.45) is 23.2 Å². The molecule has 3 fully saturated rings. The molecule has 0 spiro atoms. The topological polar surface area (TPSA) is 71.5 Å². The third-order valence-electron chi connectivity index (χ3n) is 8.58. The maximum atomic E-state index is 12.9. The molecule has 2 aliphatic heterocycles. The van der Waals surface area contributed by atoms with Crippen molar-refractivity contribution in [2.45, 2.75) is 39.7 Å². The number of nitrogens with one attached hydrogen (secondary N) is 1. The Bertz CT molecular complexity index is 1420. The molecule has 186 valence electrons. The Hall–Kier alpha value is -2.48. The molecule has 7 rings (SSSR count). The SMILES string of the molecule is CC1(C)C2C(=O)N(Cc3cc4nccc(-c5cc(Cl)c6c(c5OCC5CNC5)CCC6)c4s3)C(=O)C21. The zero-order chi connectivity index (χ0) is 24.8. The first kappa shape index (κ1) is 22.7. The van der Waals surface area contributed by atoms with E-state index in [4.69, 9.17) is 16.3 Å². The molecule has 36 heavy (non-hydrogen) atoms. The van der Waals surface area contributed by atoms with Gasteiger partial charge in [0, 0.05) is 46.2 Å². The molecule has 6 nitrogen and oxygen atoms in total. The van der Waals surface area contributed by atoms with Gasteiger partial charge < -0.3 is 10.1 Å². The number of nitrogens with zero attached hydrogens (tertiary/aromatic N) is 2. The molecule has 2 atom stereocenters. The molecule has 2 aliphatic carbocycles. The first-order valence-corrected chi connectivity index (χ1v) is 13.9. The molecule has 1 aromatic carbocycles. The fourth-order valence-corrected chi connectivity index (χ4v) is 7.77. The minimum atomic E-state index is -0.196. The fourth-order valence-electron chi connectivity index (χ4n) is 6.33. The molecule has 2 saturated heterocycles. The molecule has 0 bridgehead atoms. The summed E-state index contributed by atoms with van der Waals surface area (Å²) in [6.07, 6.45) is 4.87. The Morgan fingerprint density at radius 2 is 1.89 bits per heavy atom. The molecule has 2 unspecified atom stereocenters. The normalized spacial score (nSPS) is 24.2. The summed E-state index contributed by atoms with van der Waals surface area (Å²) < 4.78 is 7.54. The number of benzene rings is 1. The number of amides is 2. The lowest BCUT2D eigenvalue weighted by Gasteiger charge is -2.28. The van der Waals surface area contributed by atoms with Crippen molar-refractivity contribution in [2.75, 3.05) is 19.7 Å². The van der Waals surface area contributed by atoms with Crippen molar-refractivity contribution >= 4 is 45.0 Å². The number of hydrogen-bond acceptors (Lipinski definition) is 6. The van der Waals surface area contributed by atoms with Gasteiger partial charge in [-0.1, -0.05) is 25.4 Å². The number of imide groups is 1. The second kappa shape index (κ2) is 8.01. The lowest BCUT2D eigenvalue weighted by Crippen LogP contribution is -2.45.